The first-order valence-corrected chi connectivity index (χ1v) is 12.2. The Morgan fingerprint density at radius 3 is 2.03 bits per heavy atom. The van der Waals surface area contributed by atoms with Crippen LogP contribution in [0.15, 0.2) is 60.8 Å². The minimum atomic E-state index is -4.62. The Kier molecular flexibility index (Phi) is 7.44. The van der Waals surface area contributed by atoms with E-state index < -0.39 is 33.7 Å². The largest absolute Gasteiger partial charge is 0.433 e. The van der Waals surface area contributed by atoms with Crippen LogP contribution in [0.4, 0.5) is 18.9 Å². The van der Waals surface area contributed by atoms with Gasteiger partial charge in [0.15, 0.2) is 0 Å². The van der Waals surface area contributed by atoms with Crippen molar-refractivity contribution in [3.8, 4) is 0 Å². The van der Waals surface area contributed by atoms with Crippen LogP contribution in [-0.2, 0) is 27.5 Å². The number of pyridine rings is 1. The maximum absolute atomic E-state index is 12.8. The molecule has 0 spiro atoms. The Labute approximate surface area is 204 Å². The molecule has 34 heavy (non-hydrogen) atoms. The molecule has 2 aromatic carbocycles. The smallest absolute Gasteiger partial charge is 0.369 e. The molecule has 2 N–H and O–H groups in total. The number of aromatic nitrogens is 1. The van der Waals surface area contributed by atoms with E-state index in [1.807, 2.05) is 0 Å². The van der Waals surface area contributed by atoms with E-state index in [4.69, 9.17) is 28.9 Å². The summed E-state index contributed by atoms with van der Waals surface area (Å²) in [5, 5.41) is 0.696. The third-order valence-electron chi connectivity index (χ3n) is 4.86. The molecule has 0 radical (unpaired) electrons. The number of alkyl halides is 3. The molecule has 0 aliphatic rings. The van der Waals surface area contributed by atoms with E-state index in [1.54, 1.807) is 12.1 Å². The van der Waals surface area contributed by atoms with Crippen molar-refractivity contribution in [2.45, 2.75) is 18.6 Å². The van der Waals surface area contributed by atoms with Gasteiger partial charge in [0, 0.05) is 16.2 Å². The third kappa shape index (κ3) is 6.19. The second-order valence-electron chi connectivity index (χ2n) is 7.45. The van der Waals surface area contributed by atoms with Crippen molar-refractivity contribution in [2.75, 3.05) is 10.6 Å². The highest BCUT2D eigenvalue weighted by Crippen LogP contribution is 2.31. The summed E-state index contributed by atoms with van der Waals surface area (Å²) in [4.78, 5) is 15.5. The van der Waals surface area contributed by atoms with Crippen LogP contribution in [0.25, 0.3) is 0 Å². The van der Waals surface area contributed by atoms with Crippen molar-refractivity contribution >= 4 is 44.8 Å². The number of carbonyl (C=O) groups excluding carboxylic acids is 1. The number of hydrogen-bond donors (Lipinski definition) is 1. The summed E-state index contributed by atoms with van der Waals surface area (Å²) in [6.45, 7) is -0.0550. The summed E-state index contributed by atoms with van der Waals surface area (Å²) in [6.07, 6.45) is -2.64. The van der Waals surface area contributed by atoms with Gasteiger partial charge in [-0.2, -0.15) is 13.2 Å². The quantitative estimate of drug-likeness (QED) is 0.464. The molecule has 6 nitrogen and oxygen atoms in total. The number of carbonyl (C=O) groups is 1. The Bertz CT molecular complexity index is 1280. The molecule has 12 heteroatoms. The fraction of sp³-hybridized carbons (Fsp3) is 0.182. The van der Waals surface area contributed by atoms with Crippen LogP contribution in [0.2, 0.25) is 10.0 Å². The SMILES string of the molecule is CS(=O)(=O)N(Cc1cc(Cl)cc(Cl)c1)c1ccc(C(C(N)=O)c2ccc(C(F)(F)F)nc2)cc1. The molecule has 1 atom stereocenters. The first-order valence-electron chi connectivity index (χ1n) is 9.61. The summed E-state index contributed by atoms with van der Waals surface area (Å²) in [7, 11) is -3.72. The number of benzene rings is 2. The topological polar surface area (TPSA) is 93.4 Å². The zero-order valence-electron chi connectivity index (χ0n) is 17.6. The van der Waals surface area contributed by atoms with Crippen molar-refractivity contribution in [2.24, 2.45) is 5.73 Å². The Morgan fingerprint density at radius 2 is 1.59 bits per heavy atom. The number of rotatable bonds is 7. The molecule has 0 saturated heterocycles. The molecule has 0 aliphatic carbocycles. The highest BCUT2D eigenvalue weighted by atomic mass is 35.5. The fourth-order valence-electron chi connectivity index (χ4n) is 3.37. The van der Waals surface area contributed by atoms with Gasteiger partial charge in [0.2, 0.25) is 15.9 Å². The number of nitrogens with two attached hydrogens (primary N) is 1. The standard InChI is InChI=1S/C22H18Cl2F3N3O3S/c1-34(32,33)30(12-13-8-16(23)10-17(24)9-13)18-5-2-14(3-6-18)20(21(28)31)15-4-7-19(29-11-15)22(25,26)27/h2-11,20H,12H2,1H3,(H2,28,31). The molecule has 1 amide bonds. The van der Waals surface area contributed by atoms with Gasteiger partial charge in [-0.1, -0.05) is 41.4 Å². The van der Waals surface area contributed by atoms with Gasteiger partial charge >= 0.3 is 6.18 Å². The lowest BCUT2D eigenvalue weighted by Crippen LogP contribution is -2.29. The van der Waals surface area contributed by atoms with Gasteiger partial charge in [-0.3, -0.25) is 14.1 Å². The summed E-state index contributed by atoms with van der Waals surface area (Å²) in [5.41, 5.74) is 5.77. The molecule has 3 rings (SSSR count). The number of hydrogen-bond acceptors (Lipinski definition) is 4. The third-order valence-corrected chi connectivity index (χ3v) is 6.43. The van der Waals surface area contributed by atoms with Crippen LogP contribution in [0.3, 0.4) is 0 Å². The molecule has 0 saturated carbocycles. The van der Waals surface area contributed by atoms with Crippen molar-refractivity contribution in [3.05, 3.63) is 93.2 Å². The van der Waals surface area contributed by atoms with Crippen molar-refractivity contribution in [1.29, 1.82) is 0 Å². The van der Waals surface area contributed by atoms with E-state index in [-0.39, 0.29) is 17.8 Å². The lowest BCUT2D eigenvalue weighted by molar-refractivity contribution is -0.141. The highest BCUT2D eigenvalue weighted by molar-refractivity contribution is 7.92. The molecule has 0 fully saturated rings. The molecular weight excluding hydrogens is 514 g/mol. The van der Waals surface area contributed by atoms with Gasteiger partial charge < -0.3 is 5.73 Å². The fourth-order valence-corrected chi connectivity index (χ4v) is 4.83. The lowest BCUT2D eigenvalue weighted by atomic mass is 9.91. The van der Waals surface area contributed by atoms with Gasteiger partial charge in [-0.25, -0.2) is 8.42 Å². The number of halogens is 5. The zero-order chi connectivity index (χ0) is 25.3. The number of nitrogens with zero attached hydrogens (tertiary/aromatic N) is 2. The second-order valence-corrected chi connectivity index (χ2v) is 10.2. The van der Waals surface area contributed by atoms with Gasteiger partial charge in [0.05, 0.1) is 24.4 Å². The molecule has 3 aromatic rings. The number of sulfonamides is 1. The van der Waals surface area contributed by atoms with Crippen LogP contribution < -0.4 is 10.0 Å². The van der Waals surface area contributed by atoms with Gasteiger partial charge in [-0.15, -0.1) is 0 Å². The van der Waals surface area contributed by atoms with Crippen molar-refractivity contribution in [1.82, 2.24) is 4.98 Å². The maximum atomic E-state index is 12.8. The van der Waals surface area contributed by atoms with Gasteiger partial charge in [-0.05, 0) is 53.1 Å². The molecule has 0 aliphatic heterocycles. The van der Waals surface area contributed by atoms with Crippen molar-refractivity contribution < 1.29 is 26.4 Å². The molecule has 180 valence electrons. The molecule has 1 unspecified atom stereocenters. The normalized spacial score (nSPS) is 12.9. The van der Waals surface area contributed by atoms with E-state index in [0.29, 0.717) is 21.2 Å². The van der Waals surface area contributed by atoms with Crippen LogP contribution in [-0.4, -0.2) is 25.6 Å². The number of primary amides is 1. The van der Waals surface area contributed by atoms with Crippen LogP contribution >= 0.6 is 23.2 Å². The predicted molar refractivity (Wildman–Crippen MR) is 124 cm³/mol. The average molecular weight is 532 g/mol. The van der Waals surface area contributed by atoms with Crippen LogP contribution in [0, 0.1) is 0 Å². The zero-order valence-corrected chi connectivity index (χ0v) is 19.9. The summed E-state index contributed by atoms with van der Waals surface area (Å²) >= 11 is 12.0. The molecule has 0 bridgehead atoms. The Hall–Kier alpha value is -2.82. The van der Waals surface area contributed by atoms with E-state index in [2.05, 4.69) is 4.98 Å². The highest BCUT2D eigenvalue weighted by Gasteiger charge is 2.33. The second kappa shape index (κ2) is 9.81. The van der Waals surface area contributed by atoms with Crippen LogP contribution in [0.5, 0.6) is 0 Å². The monoisotopic (exact) mass is 531 g/mol. The maximum Gasteiger partial charge on any atom is 0.433 e. The minimum absolute atomic E-state index is 0.0550. The number of amides is 1. The van der Waals surface area contributed by atoms with Gasteiger partial charge in [0.25, 0.3) is 0 Å². The summed E-state index contributed by atoms with van der Waals surface area (Å²) in [5.74, 6) is -1.88. The van der Waals surface area contributed by atoms with Gasteiger partial charge in [0.1, 0.15) is 5.69 Å². The predicted octanol–water partition coefficient (Wildman–Crippen LogP) is 4.99. The first-order chi connectivity index (χ1) is 15.8. The Balaban J connectivity index is 1.94. The Morgan fingerprint density at radius 1 is 1.03 bits per heavy atom. The molecular formula is C22H18Cl2F3N3O3S. The summed E-state index contributed by atoms with van der Waals surface area (Å²) < 4.78 is 64.4. The van der Waals surface area contributed by atoms with E-state index in [0.717, 1.165) is 28.9 Å². The van der Waals surface area contributed by atoms with Crippen LogP contribution in [0.1, 0.15) is 28.3 Å². The number of anilines is 1. The first kappa shape index (κ1) is 25.8. The molecule has 1 heterocycles. The lowest BCUT2D eigenvalue weighted by Gasteiger charge is -2.23. The minimum Gasteiger partial charge on any atom is -0.369 e. The summed E-state index contributed by atoms with van der Waals surface area (Å²) in [6, 6.07) is 12.5. The van der Waals surface area contributed by atoms with E-state index in [1.165, 1.54) is 30.3 Å². The molecule has 1 aromatic heterocycles. The van der Waals surface area contributed by atoms with Crippen molar-refractivity contribution in [3.63, 3.8) is 0 Å². The average Bonchev–Trinajstić information content (AvgIpc) is 2.71. The van der Waals surface area contributed by atoms with E-state index >= 15 is 0 Å². The van der Waals surface area contributed by atoms with E-state index in [9.17, 15) is 26.4 Å².